The Kier molecular flexibility index (Phi) is 12.3. The number of ether oxygens (including phenoxy) is 5. The van der Waals surface area contributed by atoms with Crippen LogP contribution < -0.4 is 28.7 Å². The number of hydrogen-bond donors (Lipinski definition) is 9. The van der Waals surface area contributed by atoms with Gasteiger partial charge in [0.2, 0.25) is 0 Å². The Balaban J connectivity index is 1.64. The van der Waals surface area contributed by atoms with E-state index in [1.54, 1.807) is 0 Å². The molecule has 15 heteroatoms. The lowest BCUT2D eigenvalue weighted by molar-refractivity contribution is -0.315. The van der Waals surface area contributed by atoms with Gasteiger partial charge in [-0.2, -0.15) is 0 Å². The standard InChI is InChI=1S/C24H47N5O10/c1-2-3-4-5-16(31)35-9-15-18(32)17(29)19(33)24(37-15)39-22-11(27)6-10(26)21(20(22)34)38-23-12(28)7-13(30)14(8-25)36-23/h10-15,17-24,30,32-34H,2-9,25-29H2,1H3/t10-,11+,12+,13-,14+,15+,17-,18+,19+,20-,21+,22-,23+,24+/m0/s1. The van der Waals surface area contributed by atoms with Crippen molar-refractivity contribution in [2.24, 2.45) is 28.7 Å². The summed E-state index contributed by atoms with van der Waals surface area (Å²) in [5.41, 5.74) is 30.2. The minimum Gasteiger partial charge on any atom is -0.463 e. The first-order chi connectivity index (χ1) is 18.5. The van der Waals surface area contributed by atoms with Gasteiger partial charge in [0, 0.05) is 25.0 Å². The van der Waals surface area contributed by atoms with Crippen molar-refractivity contribution in [3.63, 3.8) is 0 Å². The van der Waals surface area contributed by atoms with Crippen LogP contribution in [0.5, 0.6) is 0 Å². The number of aliphatic hydroxyl groups excluding tert-OH is 4. The van der Waals surface area contributed by atoms with Crippen LogP contribution in [0.2, 0.25) is 0 Å². The van der Waals surface area contributed by atoms with Gasteiger partial charge in [0.05, 0.1) is 24.3 Å². The van der Waals surface area contributed by atoms with Gasteiger partial charge >= 0.3 is 5.97 Å². The van der Waals surface area contributed by atoms with E-state index in [4.69, 9.17) is 52.4 Å². The van der Waals surface area contributed by atoms with Crippen LogP contribution in [0, 0.1) is 0 Å². The molecule has 0 bridgehead atoms. The van der Waals surface area contributed by atoms with Gasteiger partial charge in [-0.15, -0.1) is 0 Å². The molecule has 0 amide bonds. The largest absolute Gasteiger partial charge is 0.463 e. The first kappa shape index (κ1) is 32.5. The Bertz CT molecular complexity index is 771. The van der Waals surface area contributed by atoms with Gasteiger partial charge < -0.3 is 72.8 Å². The smallest absolute Gasteiger partial charge is 0.305 e. The average Bonchev–Trinajstić information content (AvgIpc) is 2.89. The molecular formula is C24H47N5O10. The molecular weight excluding hydrogens is 518 g/mol. The molecule has 3 fully saturated rings. The van der Waals surface area contributed by atoms with Crippen LogP contribution in [0.1, 0.15) is 45.4 Å². The summed E-state index contributed by atoms with van der Waals surface area (Å²) in [6.07, 6.45) is -8.29. The Morgan fingerprint density at radius 3 is 2.05 bits per heavy atom. The van der Waals surface area contributed by atoms with E-state index >= 15 is 0 Å². The molecule has 14 N–H and O–H groups in total. The van der Waals surface area contributed by atoms with E-state index in [9.17, 15) is 25.2 Å². The molecule has 2 saturated heterocycles. The topological polar surface area (TPSA) is 274 Å². The molecule has 1 aliphatic carbocycles. The third-order valence-electron chi connectivity index (χ3n) is 7.63. The lowest BCUT2D eigenvalue weighted by Crippen LogP contribution is -2.68. The molecule has 3 rings (SSSR count). The number of nitrogens with two attached hydrogens (primary N) is 5. The number of unbranched alkanes of at least 4 members (excludes halogenated alkanes) is 2. The fourth-order valence-electron chi connectivity index (χ4n) is 5.18. The van der Waals surface area contributed by atoms with E-state index < -0.39 is 91.5 Å². The summed E-state index contributed by atoms with van der Waals surface area (Å²) >= 11 is 0. The van der Waals surface area contributed by atoms with Crippen molar-refractivity contribution in [3.8, 4) is 0 Å². The number of aliphatic hydroxyl groups is 4. The van der Waals surface area contributed by atoms with Gasteiger partial charge in [0.1, 0.15) is 43.2 Å². The fourth-order valence-corrected chi connectivity index (χ4v) is 5.18. The van der Waals surface area contributed by atoms with Crippen LogP contribution >= 0.6 is 0 Å². The highest BCUT2D eigenvalue weighted by atomic mass is 16.7. The molecule has 0 radical (unpaired) electrons. The molecule has 15 nitrogen and oxygen atoms in total. The fraction of sp³-hybridized carbons (Fsp3) is 0.958. The summed E-state index contributed by atoms with van der Waals surface area (Å²) in [4.78, 5) is 12.0. The minimum atomic E-state index is -1.48. The van der Waals surface area contributed by atoms with Gasteiger partial charge in [0.25, 0.3) is 0 Å². The highest BCUT2D eigenvalue weighted by Gasteiger charge is 2.50. The second-order valence-corrected chi connectivity index (χ2v) is 10.7. The minimum absolute atomic E-state index is 0.0435. The number of carbonyl (C=O) groups excluding carboxylic acids is 1. The van der Waals surface area contributed by atoms with Gasteiger partial charge in [-0.05, 0) is 19.3 Å². The zero-order chi connectivity index (χ0) is 28.9. The molecule has 2 aliphatic heterocycles. The van der Waals surface area contributed by atoms with Crippen LogP contribution in [0.3, 0.4) is 0 Å². The molecule has 0 aromatic heterocycles. The van der Waals surface area contributed by atoms with E-state index in [1.165, 1.54) is 0 Å². The van der Waals surface area contributed by atoms with Crippen molar-refractivity contribution in [2.75, 3.05) is 13.2 Å². The summed E-state index contributed by atoms with van der Waals surface area (Å²) in [5, 5.41) is 42.4. The number of carbonyl (C=O) groups is 1. The average molecular weight is 566 g/mol. The summed E-state index contributed by atoms with van der Waals surface area (Å²) in [7, 11) is 0. The van der Waals surface area contributed by atoms with E-state index in [1.807, 2.05) is 6.92 Å². The van der Waals surface area contributed by atoms with Crippen LogP contribution in [0.15, 0.2) is 0 Å². The number of esters is 1. The predicted molar refractivity (Wildman–Crippen MR) is 136 cm³/mol. The zero-order valence-corrected chi connectivity index (χ0v) is 22.4. The van der Waals surface area contributed by atoms with Crippen molar-refractivity contribution < 1.29 is 48.9 Å². The van der Waals surface area contributed by atoms with Crippen molar-refractivity contribution in [2.45, 2.75) is 131 Å². The molecule has 1 saturated carbocycles. The molecule has 3 aliphatic rings. The molecule has 14 atom stereocenters. The van der Waals surface area contributed by atoms with E-state index in [0.717, 1.165) is 12.8 Å². The first-order valence-electron chi connectivity index (χ1n) is 13.7. The Morgan fingerprint density at radius 2 is 1.44 bits per heavy atom. The van der Waals surface area contributed by atoms with E-state index in [-0.39, 0.29) is 32.4 Å². The van der Waals surface area contributed by atoms with Crippen molar-refractivity contribution in [1.82, 2.24) is 0 Å². The summed E-state index contributed by atoms with van der Waals surface area (Å²) in [5.74, 6) is -0.442. The Labute approximate surface area is 228 Å². The molecule has 2 heterocycles. The van der Waals surface area contributed by atoms with Gasteiger partial charge in [0.15, 0.2) is 12.6 Å². The summed E-state index contributed by atoms with van der Waals surface area (Å²) < 4.78 is 28.5. The predicted octanol–water partition coefficient (Wildman–Crippen LogP) is -4.16. The quantitative estimate of drug-likeness (QED) is 0.0849. The second-order valence-electron chi connectivity index (χ2n) is 10.7. The van der Waals surface area contributed by atoms with Crippen molar-refractivity contribution in [1.29, 1.82) is 0 Å². The molecule has 0 aromatic rings. The summed E-state index contributed by atoms with van der Waals surface area (Å²) in [6.45, 7) is 1.76. The maximum atomic E-state index is 12.0. The van der Waals surface area contributed by atoms with Crippen molar-refractivity contribution in [3.05, 3.63) is 0 Å². The summed E-state index contributed by atoms with van der Waals surface area (Å²) in [6, 6.07) is -3.38. The third kappa shape index (κ3) is 8.03. The molecule has 0 unspecified atom stereocenters. The van der Waals surface area contributed by atoms with Crippen molar-refractivity contribution >= 4 is 5.97 Å². The molecule has 39 heavy (non-hydrogen) atoms. The Morgan fingerprint density at radius 1 is 0.821 bits per heavy atom. The van der Waals surface area contributed by atoms with Crippen LogP contribution in [0.25, 0.3) is 0 Å². The second kappa shape index (κ2) is 14.7. The molecule has 0 spiro atoms. The first-order valence-corrected chi connectivity index (χ1v) is 13.7. The van der Waals surface area contributed by atoms with Crippen LogP contribution in [-0.2, 0) is 28.5 Å². The molecule has 0 aromatic carbocycles. The highest BCUT2D eigenvalue weighted by molar-refractivity contribution is 5.69. The van der Waals surface area contributed by atoms with Gasteiger partial charge in [-0.3, -0.25) is 4.79 Å². The van der Waals surface area contributed by atoms with Gasteiger partial charge in [-0.25, -0.2) is 0 Å². The number of rotatable bonds is 11. The highest BCUT2D eigenvalue weighted by Crippen LogP contribution is 2.31. The normalized spacial score (nSPS) is 45.2. The third-order valence-corrected chi connectivity index (χ3v) is 7.63. The maximum absolute atomic E-state index is 12.0. The number of hydrogen-bond acceptors (Lipinski definition) is 15. The van der Waals surface area contributed by atoms with Crippen LogP contribution in [0.4, 0.5) is 0 Å². The zero-order valence-electron chi connectivity index (χ0n) is 22.4. The van der Waals surface area contributed by atoms with E-state index in [2.05, 4.69) is 0 Å². The van der Waals surface area contributed by atoms with E-state index in [0.29, 0.717) is 6.42 Å². The molecule has 228 valence electrons. The van der Waals surface area contributed by atoms with Crippen LogP contribution in [-0.4, -0.2) is 125 Å². The van der Waals surface area contributed by atoms with Gasteiger partial charge in [-0.1, -0.05) is 19.8 Å². The maximum Gasteiger partial charge on any atom is 0.305 e. The SMILES string of the molecule is CCCCCC(=O)OC[C@H]1O[C@H](O[C@@H]2[C@@H](O)[C@H](O[C@H]3O[C@H](CN)[C@@H](O)C[C@H]3N)[C@@H](N)C[C@H]2N)[C@H](O)[C@@H](N)[C@@H]1O. The Hall–Kier alpha value is -1.05. The lowest BCUT2D eigenvalue weighted by Gasteiger charge is -2.47. The monoisotopic (exact) mass is 565 g/mol. The lowest BCUT2D eigenvalue weighted by atomic mass is 9.84.